The van der Waals surface area contributed by atoms with Crippen LogP contribution in [0.15, 0.2) is 30.6 Å². The first-order valence-electron chi connectivity index (χ1n) is 9.36. The van der Waals surface area contributed by atoms with Crippen molar-refractivity contribution in [2.24, 2.45) is 14.1 Å². The molecule has 1 saturated carbocycles. The molecule has 0 aliphatic heterocycles. The molecular formula is C20H24KN6S. The third-order valence-electron chi connectivity index (χ3n) is 4.97. The van der Waals surface area contributed by atoms with Crippen LogP contribution in [0.1, 0.15) is 48.2 Å². The molecule has 0 saturated heterocycles. The summed E-state index contributed by atoms with van der Waals surface area (Å²) >= 11 is 1.50. The second-order valence-electron chi connectivity index (χ2n) is 6.78. The third-order valence-corrected chi connectivity index (χ3v) is 5.73. The summed E-state index contributed by atoms with van der Waals surface area (Å²) in [6.07, 6.45) is 5.22. The van der Waals surface area contributed by atoms with Crippen LogP contribution in [0.3, 0.4) is 0 Å². The Morgan fingerprint density at radius 2 is 1.93 bits per heavy atom. The Balaban J connectivity index is 0.000000728. The molecule has 0 bridgehead atoms. The second-order valence-corrected chi connectivity index (χ2v) is 7.75. The van der Waals surface area contributed by atoms with E-state index < -0.39 is 0 Å². The fourth-order valence-electron chi connectivity index (χ4n) is 3.52. The van der Waals surface area contributed by atoms with E-state index >= 15 is 0 Å². The van der Waals surface area contributed by atoms with Gasteiger partial charge >= 0.3 is 0 Å². The predicted octanol–water partition coefficient (Wildman–Crippen LogP) is 4.05. The first-order valence-corrected chi connectivity index (χ1v) is 10.1. The Morgan fingerprint density at radius 3 is 2.64 bits per heavy atom. The monoisotopic (exact) mass is 419 g/mol. The molecule has 1 fully saturated rings. The molecule has 0 spiro atoms. The van der Waals surface area contributed by atoms with Crippen LogP contribution >= 0.6 is 11.5 Å². The molecule has 0 unspecified atom stereocenters. The van der Waals surface area contributed by atoms with Crippen molar-refractivity contribution in [2.75, 3.05) is 0 Å². The van der Waals surface area contributed by atoms with Crippen molar-refractivity contribution in [3.8, 4) is 11.4 Å². The van der Waals surface area contributed by atoms with Gasteiger partial charge in [0, 0.05) is 82.5 Å². The van der Waals surface area contributed by atoms with Gasteiger partial charge in [-0.3, -0.25) is 9.36 Å². The molecule has 4 aromatic rings. The van der Waals surface area contributed by atoms with Crippen molar-refractivity contribution in [1.82, 2.24) is 28.9 Å². The molecule has 2 atom stereocenters. The van der Waals surface area contributed by atoms with Gasteiger partial charge in [0.25, 0.3) is 0 Å². The standard InChI is InChI=1S/C18H18N6S.C2H6.K/c1-10-18-15(22-25-10)5-4-14(20-18)17-7-16(21-24(17)3)13-6-12(13)11-8-19-23(2)9-11;1-2;/h4-5,7-9,12-13H,6H2,1-3H3;1-2H3;/t12-,13+;;/m1../s1. The van der Waals surface area contributed by atoms with E-state index in [1.165, 1.54) is 17.1 Å². The van der Waals surface area contributed by atoms with Gasteiger partial charge in [-0.15, -0.1) is 0 Å². The maximum atomic E-state index is 4.81. The van der Waals surface area contributed by atoms with E-state index in [2.05, 4.69) is 28.7 Å². The van der Waals surface area contributed by atoms with Gasteiger partial charge in [-0.25, -0.2) is 4.98 Å². The minimum Gasteiger partial charge on any atom is -0.276 e. The minimum absolute atomic E-state index is 0. The zero-order valence-corrected chi connectivity index (χ0v) is 21.3. The van der Waals surface area contributed by atoms with E-state index in [1.54, 1.807) is 0 Å². The zero-order valence-electron chi connectivity index (χ0n) is 17.3. The molecule has 4 heterocycles. The number of aryl methyl sites for hydroxylation is 3. The van der Waals surface area contributed by atoms with Crippen molar-refractivity contribution >= 4 is 74.0 Å². The first kappa shape index (κ1) is 21.8. The van der Waals surface area contributed by atoms with Crippen LogP contribution in [0.25, 0.3) is 22.4 Å². The quantitative estimate of drug-likeness (QED) is 0.470. The molecule has 141 valence electrons. The topological polar surface area (TPSA) is 61.4 Å². The van der Waals surface area contributed by atoms with Crippen LogP contribution in [0.4, 0.5) is 0 Å². The Morgan fingerprint density at radius 1 is 1.14 bits per heavy atom. The smallest absolute Gasteiger partial charge is 0.105 e. The minimum atomic E-state index is 0. The number of hydrogen-bond donors (Lipinski definition) is 0. The largest absolute Gasteiger partial charge is 0.276 e. The van der Waals surface area contributed by atoms with Crippen LogP contribution in [0, 0.1) is 6.92 Å². The SMILES string of the molecule is CC.Cc1snc2ccc(-c3cc([C@H]4C[C@@H]4c4cnn(C)c4)nn3C)nc12.[K]. The second kappa shape index (κ2) is 8.85. The van der Waals surface area contributed by atoms with E-state index in [9.17, 15) is 0 Å². The Kier molecular flexibility index (Phi) is 6.89. The molecular weight excluding hydrogens is 395 g/mol. The molecule has 0 amide bonds. The van der Waals surface area contributed by atoms with E-state index in [-0.39, 0.29) is 51.4 Å². The summed E-state index contributed by atoms with van der Waals surface area (Å²) < 4.78 is 8.22. The third kappa shape index (κ3) is 4.03. The number of nitrogens with zero attached hydrogens (tertiary/aromatic N) is 6. The fraction of sp³-hybridized carbons (Fsp3) is 0.400. The average Bonchev–Trinajstić information content (AvgIpc) is 2.98. The summed E-state index contributed by atoms with van der Waals surface area (Å²) in [7, 11) is 3.95. The number of rotatable bonds is 3. The average molecular weight is 420 g/mol. The number of aromatic nitrogens is 6. The maximum Gasteiger partial charge on any atom is 0.105 e. The normalized spacial score (nSPS) is 17.8. The summed E-state index contributed by atoms with van der Waals surface area (Å²) in [6.45, 7) is 6.06. The van der Waals surface area contributed by atoms with Gasteiger partial charge in [0.2, 0.25) is 0 Å². The first-order chi connectivity index (χ1) is 13.1. The van der Waals surface area contributed by atoms with E-state index in [0.717, 1.165) is 39.4 Å². The molecule has 0 N–H and O–H groups in total. The van der Waals surface area contributed by atoms with Gasteiger partial charge in [-0.2, -0.15) is 14.6 Å². The molecule has 1 radical (unpaired) electrons. The molecule has 6 nitrogen and oxygen atoms in total. The van der Waals surface area contributed by atoms with Gasteiger partial charge in [-0.1, -0.05) is 13.8 Å². The van der Waals surface area contributed by atoms with Crippen LogP contribution in [-0.4, -0.2) is 80.3 Å². The van der Waals surface area contributed by atoms with Crippen molar-refractivity contribution < 1.29 is 0 Å². The molecule has 0 aromatic carbocycles. The summed E-state index contributed by atoms with van der Waals surface area (Å²) in [6, 6.07) is 6.27. The summed E-state index contributed by atoms with van der Waals surface area (Å²) in [5, 5.41) is 9.04. The number of fused-ring (bicyclic) bond motifs is 1. The molecule has 28 heavy (non-hydrogen) atoms. The van der Waals surface area contributed by atoms with Crippen LogP contribution in [0.5, 0.6) is 0 Å². The Labute approximate surface area is 212 Å². The number of hydrogen-bond acceptors (Lipinski definition) is 5. The molecule has 1 aliphatic rings. The van der Waals surface area contributed by atoms with Crippen molar-refractivity contribution in [3.63, 3.8) is 0 Å². The van der Waals surface area contributed by atoms with E-state index in [1.807, 2.05) is 55.6 Å². The number of pyridine rings is 1. The van der Waals surface area contributed by atoms with E-state index in [0.29, 0.717) is 11.8 Å². The van der Waals surface area contributed by atoms with Crippen LogP contribution < -0.4 is 0 Å². The molecule has 8 heteroatoms. The zero-order chi connectivity index (χ0) is 19.1. The van der Waals surface area contributed by atoms with Crippen LogP contribution in [-0.2, 0) is 14.1 Å². The van der Waals surface area contributed by atoms with Gasteiger partial charge < -0.3 is 0 Å². The van der Waals surface area contributed by atoms with Gasteiger partial charge in [0.1, 0.15) is 11.0 Å². The summed E-state index contributed by atoms with van der Waals surface area (Å²) in [5.41, 5.74) is 6.42. The van der Waals surface area contributed by atoms with Gasteiger partial charge in [0.05, 0.1) is 23.3 Å². The maximum absolute atomic E-state index is 4.81. The summed E-state index contributed by atoms with van der Waals surface area (Å²) in [5.74, 6) is 1.02. The van der Waals surface area contributed by atoms with Gasteiger partial charge in [-0.05, 0) is 54.6 Å². The molecule has 5 rings (SSSR count). The fourth-order valence-corrected chi connectivity index (χ4v) is 4.14. The summed E-state index contributed by atoms with van der Waals surface area (Å²) in [4.78, 5) is 5.96. The predicted molar refractivity (Wildman–Crippen MR) is 115 cm³/mol. The van der Waals surface area contributed by atoms with Gasteiger partial charge in [0.15, 0.2) is 0 Å². The Hall–Kier alpha value is -0.904. The van der Waals surface area contributed by atoms with Crippen LogP contribution in [0.2, 0.25) is 0 Å². The molecule has 4 aromatic heterocycles. The van der Waals surface area contributed by atoms with Crippen molar-refractivity contribution in [1.29, 1.82) is 0 Å². The Bertz CT molecular complexity index is 1100. The molecule has 1 aliphatic carbocycles. The van der Waals surface area contributed by atoms with Crippen molar-refractivity contribution in [3.05, 3.63) is 46.7 Å². The van der Waals surface area contributed by atoms with Crippen molar-refractivity contribution in [2.45, 2.75) is 39.0 Å². The van der Waals surface area contributed by atoms with E-state index in [4.69, 9.17) is 10.1 Å².